The topological polar surface area (TPSA) is 23.1 Å². The van der Waals surface area contributed by atoms with Crippen LogP contribution in [0.25, 0.3) is 0 Å². The van der Waals surface area contributed by atoms with Crippen molar-refractivity contribution in [3.8, 4) is 0 Å². The zero-order valence-corrected chi connectivity index (χ0v) is 18.4. The van der Waals surface area contributed by atoms with Crippen molar-refractivity contribution in [2.24, 2.45) is 0 Å². The third-order valence-corrected chi connectivity index (χ3v) is 8.59. The van der Waals surface area contributed by atoms with Crippen LogP contribution in [0.4, 0.5) is 0 Å². The van der Waals surface area contributed by atoms with Crippen LogP contribution in [0, 0.1) is 0 Å². The fraction of sp³-hybridized carbons (Fsp3) is 0.520. The Balaban J connectivity index is 1.46. The van der Waals surface area contributed by atoms with Crippen LogP contribution in [0.3, 0.4) is 0 Å². The lowest BCUT2D eigenvalue weighted by Gasteiger charge is -2.68. The van der Waals surface area contributed by atoms with Gasteiger partial charge in [0.05, 0.1) is 0 Å². The third-order valence-electron chi connectivity index (χ3n) is 6.67. The molecular weight excluding hydrogens is 348 g/mol. The van der Waals surface area contributed by atoms with E-state index >= 15 is 0 Å². The monoisotopic (exact) mass is 380 g/mol. The molecule has 2 aromatic carbocycles. The summed E-state index contributed by atoms with van der Waals surface area (Å²) < 4.78 is 13.2. The molecule has 1 unspecified atom stereocenters. The normalized spacial score (nSPS) is 28.3. The summed E-state index contributed by atoms with van der Waals surface area (Å²) in [6.45, 7) is 13.4. The molecule has 27 heavy (non-hydrogen) atoms. The van der Waals surface area contributed by atoms with E-state index in [-0.39, 0.29) is 21.0 Å². The second-order valence-electron chi connectivity index (χ2n) is 10.9. The molecule has 2 heteroatoms. The fourth-order valence-electron chi connectivity index (χ4n) is 4.85. The second-order valence-corrected chi connectivity index (χ2v) is 12.7. The van der Waals surface area contributed by atoms with E-state index in [0.29, 0.717) is 0 Å². The Labute approximate surface area is 167 Å². The molecular formula is C25H32OS. The summed E-state index contributed by atoms with van der Waals surface area (Å²) in [5, 5.41) is 0. The van der Waals surface area contributed by atoms with Crippen molar-refractivity contribution in [1.29, 1.82) is 0 Å². The van der Waals surface area contributed by atoms with Gasteiger partial charge >= 0.3 is 0 Å². The van der Waals surface area contributed by atoms with E-state index in [0.717, 1.165) is 24.2 Å². The summed E-state index contributed by atoms with van der Waals surface area (Å²) in [5.74, 6) is 0. The van der Waals surface area contributed by atoms with Gasteiger partial charge in [0.1, 0.15) is 4.75 Å². The standard InChI is InChI=1S/C25H32OS/c1-22(2,3)18-7-9-20(10-8-18)24-15-25(16-24,17-24)27(26)21-13-11-19(12-14-21)23(4,5)6/h7-14H,15-17H2,1-6H3. The molecule has 0 heterocycles. The molecule has 144 valence electrons. The van der Waals surface area contributed by atoms with Crippen molar-refractivity contribution in [2.75, 3.05) is 0 Å². The van der Waals surface area contributed by atoms with Crippen LogP contribution in [-0.4, -0.2) is 9.30 Å². The largest absolute Gasteiger partial charge is 0.611 e. The van der Waals surface area contributed by atoms with Gasteiger partial charge in [-0.15, -0.1) is 0 Å². The second kappa shape index (κ2) is 5.87. The maximum Gasteiger partial charge on any atom is 0.153 e. The minimum absolute atomic E-state index is 0.0198. The smallest absolute Gasteiger partial charge is 0.153 e. The van der Waals surface area contributed by atoms with Crippen molar-refractivity contribution in [3.05, 3.63) is 65.2 Å². The maximum absolute atomic E-state index is 13.2. The summed E-state index contributed by atoms with van der Waals surface area (Å²) in [6, 6.07) is 17.7. The van der Waals surface area contributed by atoms with E-state index in [4.69, 9.17) is 0 Å². The molecule has 3 saturated carbocycles. The molecule has 1 atom stereocenters. The quantitative estimate of drug-likeness (QED) is 0.576. The zero-order valence-electron chi connectivity index (χ0n) is 17.6. The van der Waals surface area contributed by atoms with Crippen LogP contribution in [0.5, 0.6) is 0 Å². The average Bonchev–Trinajstić information content (AvgIpc) is 2.51. The van der Waals surface area contributed by atoms with Crippen LogP contribution < -0.4 is 0 Å². The Kier molecular flexibility index (Phi) is 4.15. The van der Waals surface area contributed by atoms with Gasteiger partial charge in [0.2, 0.25) is 0 Å². The summed E-state index contributed by atoms with van der Waals surface area (Å²) >= 11 is -0.894. The van der Waals surface area contributed by atoms with Gasteiger partial charge in [-0.1, -0.05) is 77.9 Å². The van der Waals surface area contributed by atoms with Crippen molar-refractivity contribution in [1.82, 2.24) is 0 Å². The molecule has 0 radical (unpaired) electrons. The maximum atomic E-state index is 13.2. The summed E-state index contributed by atoms with van der Waals surface area (Å²) in [5.41, 5.74) is 4.75. The summed E-state index contributed by atoms with van der Waals surface area (Å²) in [4.78, 5) is 0.999. The average molecular weight is 381 g/mol. The number of benzene rings is 2. The van der Waals surface area contributed by atoms with Crippen molar-refractivity contribution >= 4 is 11.2 Å². The van der Waals surface area contributed by atoms with Crippen LogP contribution in [0.1, 0.15) is 77.5 Å². The summed E-state index contributed by atoms with van der Waals surface area (Å²) in [6.07, 6.45) is 3.22. The molecule has 0 saturated heterocycles. The van der Waals surface area contributed by atoms with Crippen molar-refractivity contribution in [3.63, 3.8) is 0 Å². The number of hydrogen-bond donors (Lipinski definition) is 0. The molecule has 2 bridgehead atoms. The van der Waals surface area contributed by atoms with E-state index in [1.54, 1.807) is 0 Å². The van der Waals surface area contributed by atoms with Gasteiger partial charge < -0.3 is 4.55 Å². The van der Waals surface area contributed by atoms with Crippen LogP contribution in [-0.2, 0) is 27.4 Å². The van der Waals surface area contributed by atoms with Gasteiger partial charge in [-0.25, -0.2) is 0 Å². The highest BCUT2D eigenvalue weighted by molar-refractivity contribution is 7.93. The van der Waals surface area contributed by atoms with Gasteiger partial charge in [-0.3, -0.25) is 0 Å². The van der Waals surface area contributed by atoms with Crippen LogP contribution in [0.2, 0.25) is 0 Å². The number of rotatable bonds is 3. The highest BCUT2D eigenvalue weighted by Gasteiger charge is 2.75. The first-order valence-electron chi connectivity index (χ1n) is 10.1. The highest BCUT2D eigenvalue weighted by atomic mass is 32.2. The number of hydrogen-bond acceptors (Lipinski definition) is 1. The SMILES string of the molecule is CC(C)(C)c1ccc([S+]([O-])C23CC(c4ccc(C(C)(C)C)cc4)(C2)C3)cc1. The van der Waals surface area contributed by atoms with Crippen LogP contribution >= 0.6 is 0 Å². The lowest BCUT2D eigenvalue weighted by Crippen LogP contribution is -2.72. The van der Waals surface area contributed by atoms with Gasteiger partial charge in [-0.05, 0) is 50.8 Å². The van der Waals surface area contributed by atoms with E-state index in [9.17, 15) is 4.55 Å². The first-order valence-corrected chi connectivity index (χ1v) is 11.2. The molecule has 3 fully saturated rings. The lowest BCUT2D eigenvalue weighted by molar-refractivity contribution is -0.000314. The minimum atomic E-state index is -0.894. The predicted octanol–water partition coefficient (Wildman–Crippen LogP) is 6.26. The molecule has 3 aliphatic rings. The minimum Gasteiger partial charge on any atom is -0.611 e. The van der Waals surface area contributed by atoms with Crippen LogP contribution in [0.15, 0.2) is 53.4 Å². The molecule has 0 N–H and O–H groups in total. The lowest BCUT2D eigenvalue weighted by atomic mass is 9.41. The van der Waals surface area contributed by atoms with E-state index in [2.05, 4.69) is 90.1 Å². The van der Waals surface area contributed by atoms with Gasteiger partial charge in [0.25, 0.3) is 0 Å². The Bertz CT molecular complexity index is 814. The van der Waals surface area contributed by atoms with Gasteiger partial charge in [0.15, 0.2) is 4.90 Å². The molecule has 0 aliphatic heterocycles. The first-order chi connectivity index (χ1) is 12.5. The van der Waals surface area contributed by atoms with Gasteiger partial charge in [-0.2, -0.15) is 0 Å². The molecule has 0 spiro atoms. The molecule has 5 rings (SSSR count). The Morgan fingerprint density at radius 1 is 0.704 bits per heavy atom. The van der Waals surface area contributed by atoms with Crippen molar-refractivity contribution < 1.29 is 4.55 Å². The zero-order chi connectivity index (χ0) is 19.7. The molecule has 2 aromatic rings. The Morgan fingerprint density at radius 3 is 1.52 bits per heavy atom. The molecule has 3 aliphatic carbocycles. The van der Waals surface area contributed by atoms with Gasteiger partial charge in [0, 0.05) is 24.7 Å². The fourth-order valence-corrected chi connectivity index (χ4v) is 6.96. The van der Waals surface area contributed by atoms with E-state index < -0.39 is 11.2 Å². The first kappa shape index (κ1) is 19.1. The predicted molar refractivity (Wildman–Crippen MR) is 115 cm³/mol. The summed E-state index contributed by atoms with van der Waals surface area (Å²) in [7, 11) is 0. The highest BCUT2D eigenvalue weighted by Crippen LogP contribution is 2.72. The Morgan fingerprint density at radius 2 is 1.11 bits per heavy atom. The third kappa shape index (κ3) is 3.06. The van der Waals surface area contributed by atoms with E-state index in [1.165, 1.54) is 16.7 Å². The molecule has 0 aromatic heterocycles. The molecule has 0 amide bonds. The molecule has 1 nitrogen and oxygen atoms in total. The van der Waals surface area contributed by atoms with Crippen molar-refractivity contribution in [2.45, 2.75) is 86.7 Å². The van der Waals surface area contributed by atoms with E-state index in [1.807, 2.05) is 0 Å². The Hall–Kier alpha value is -1.25.